The first-order chi connectivity index (χ1) is 5.92. The zero-order valence-electron chi connectivity index (χ0n) is 6.01. The van der Waals surface area contributed by atoms with E-state index in [2.05, 4.69) is 9.97 Å². The largest absolute Gasteiger partial charge is 0.267 e. The molecule has 0 saturated carbocycles. The first-order valence-corrected chi connectivity index (χ1v) is 4.13. The Morgan fingerprint density at radius 1 is 1.42 bits per heavy atom. The van der Waals surface area contributed by atoms with Crippen molar-refractivity contribution in [2.45, 2.75) is 0 Å². The number of aromatic nitrogens is 3. The molecule has 2 aromatic rings. The summed E-state index contributed by atoms with van der Waals surface area (Å²) in [6.45, 7) is 0. The standard InChI is InChI=1S/C7H4N4S/c8-5-6-9-1-3-11(6)7-10-2-4-12-7/h1-4H. The topological polar surface area (TPSA) is 54.5 Å². The Morgan fingerprint density at radius 2 is 2.33 bits per heavy atom. The van der Waals surface area contributed by atoms with Crippen molar-refractivity contribution in [2.75, 3.05) is 0 Å². The van der Waals surface area contributed by atoms with E-state index >= 15 is 0 Å². The van der Waals surface area contributed by atoms with Crippen LogP contribution in [0.4, 0.5) is 0 Å². The Hall–Kier alpha value is -1.67. The molecule has 0 aliphatic carbocycles. The van der Waals surface area contributed by atoms with Crippen molar-refractivity contribution in [2.24, 2.45) is 0 Å². The van der Waals surface area contributed by atoms with E-state index in [0.717, 1.165) is 5.13 Å². The van der Waals surface area contributed by atoms with Gasteiger partial charge in [0.2, 0.25) is 5.82 Å². The highest BCUT2D eigenvalue weighted by molar-refractivity contribution is 7.12. The van der Waals surface area contributed by atoms with Gasteiger partial charge in [0.15, 0.2) is 5.13 Å². The van der Waals surface area contributed by atoms with E-state index in [1.54, 1.807) is 23.2 Å². The number of rotatable bonds is 1. The number of nitrogens with zero attached hydrogens (tertiary/aromatic N) is 4. The van der Waals surface area contributed by atoms with E-state index in [1.807, 2.05) is 11.4 Å². The Bertz CT molecular complexity index is 409. The molecule has 0 aliphatic rings. The normalized spacial score (nSPS) is 9.58. The smallest absolute Gasteiger partial charge is 0.219 e. The molecule has 12 heavy (non-hydrogen) atoms. The zero-order chi connectivity index (χ0) is 8.39. The third kappa shape index (κ3) is 0.984. The second kappa shape index (κ2) is 2.75. The summed E-state index contributed by atoms with van der Waals surface area (Å²) < 4.78 is 1.66. The summed E-state index contributed by atoms with van der Waals surface area (Å²) in [6, 6.07) is 1.98. The highest BCUT2D eigenvalue weighted by Crippen LogP contribution is 2.12. The van der Waals surface area contributed by atoms with Crippen LogP contribution in [0.5, 0.6) is 0 Å². The van der Waals surface area contributed by atoms with Crippen molar-refractivity contribution < 1.29 is 0 Å². The van der Waals surface area contributed by atoms with Crippen molar-refractivity contribution in [3.8, 4) is 11.2 Å². The van der Waals surface area contributed by atoms with Crippen LogP contribution in [0, 0.1) is 11.3 Å². The lowest BCUT2D eigenvalue weighted by atomic mass is 10.7. The van der Waals surface area contributed by atoms with Gasteiger partial charge in [-0.2, -0.15) is 5.26 Å². The lowest BCUT2D eigenvalue weighted by Gasteiger charge is -1.94. The summed E-state index contributed by atoms with van der Waals surface area (Å²) in [4.78, 5) is 7.92. The first kappa shape index (κ1) is 7.00. The number of imidazole rings is 1. The van der Waals surface area contributed by atoms with Gasteiger partial charge in [-0.3, -0.25) is 4.57 Å². The van der Waals surface area contributed by atoms with Gasteiger partial charge in [-0.1, -0.05) is 0 Å². The lowest BCUT2D eigenvalue weighted by molar-refractivity contribution is 1.00. The minimum absolute atomic E-state index is 0.366. The maximum Gasteiger partial charge on any atom is 0.219 e. The van der Waals surface area contributed by atoms with Crippen LogP contribution in [0.1, 0.15) is 5.82 Å². The summed E-state index contributed by atoms with van der Waals surface area (Å²) in [6.07, 6.45) is 5.00. The van der Waals surface area contributed by atoms with Crippen molar-refractivity contribution >= 4 is 11.3 Å². The van der Waals surface area contributed by atoms with Gasteiger partial charge in [-0.05, 0) is 0 Å². The second-order valence-corrected chi connectivity index (χ2v) is 2.92. The van der Waals surface area contributed by atoms with Crippen molar-refractivity contribution in [3.05, 3.63) is 29.8 Å². The molecule has 2 aromatic heterocycles. The van der Waals surface area contributed by atoms with Gasteiger partial charge in [0.1, 0.15) is 6.07 Å². The molecule has 0 radical (unpaired) electrons. The van der Waals surface area contributed by atoms with Crippen LogP contribution in [0.25, 0.3) is 5.13 Å². The predicted molar refractivity (Wildman–Crippen MR) is 44.0 cm³/mol. The zero-order valence-corrected chi connectivity index (χ0v) is 6.82. The maximum atomic E-state index is 8.65. The summed E-state index contributed by atoms with van der Waals surface area (Å²) >= 11 is 1.47. The molecule has 0 spiro atoms. The number of nitriles is 1. The third-order valence-corrected chi connectivity index (χ3v) is 2.14. The van der Waals surface area contributed by atoms with Gasteiger partial charge in [0.05, 0.1) is 0 Å². The van der Waals surface area contributed by atoms with Crippen molar-refractivity contribution in [3.63, 3.8) is 0 Å². The molecule has 2 rings (SSSR count). The van der Waals surface area contributed by atoms with Crippen molar-refractivity contribution in [1.29, 1.82) is 5.26 Å². The molecule has 0 bridgehead atoms. The van der Waals surface area contributed by atoms with Gasteiger partial charge in [-0.25, -0.2) is 9.97 Å². The molecule has 0 N–H and O–H groups in total. The number of thiazole rings is 1. The highest BCUT2D eigenvalue weighted by atomic mass is 32.1. The fourth-order valence-corrected chi connectivity index (χ4v) is 1.50. The minimum atomic E-state index is 0.366. The fourth-order valence-electron chi connectivity index (χ4n) is 0.875. The maximum absolute atomic E-state index is 8.65. The molecule has 0 saturated heterocycles. The number of hydrogen-bond donors (Lipinski definition) is 0. The molecule has 0 fully saturated rings. The quantitative estimate of drug-likeness (QED) is 0.656. The van der Waals surface area contributed by atoms with Crippen molar-refractivity contribution in [1.82, 2.24) is 14.5 Å². The second-order valence-electron chi connectivity index (χ2n) is 2.05. The molecule has 0 unspecified atom stereocenters. The average molecular weight is 176 g/mol. The predicted octanol–water partition coefficient (Wildman–Crippen LogP) is 1.20. The third-order valence-electron chi connectivity index (χ3n) is 1.37. The van der Waals surface area contributed by atoms with Gasteiger partial charge in [-0.15, -0.1) is 11.3 Å². The van der Waals surface area contributed by atoms with E-state index in [9.17, 15) is 0 Å². The molecule has 0 aliphatic heterocycles. The summed E-state index contributed by atoms with van der Waals surface area (Å²) in [5.74, 6) is 0.366. The molecule has 5 heteroatoms. The lowest BCUT2D eigenvalue weighted by Crippen LogP contribution is -1.94. The Kier molecular flexibility index (Phi) is 1.61. The molecule has 0 amide bonds. The number of hydrogen-bond acceptors (Lipinski definition) is 4. The van der Waals surface area contributed by atoms with Crippen LogP contribution < -0.4 is 0 Å². The van der Waals surface area contributed by atoms with Crippen LogP contribution in [-0.2, 0) is 0 Å². The van der Waals surface area contributed by atoms with E-state index in [-0.39, 0.29) is 0 Å². The van der Waals surface area contributed by atoms with Gasteiger partial charge in [0, 0.05) is 24.0 Å². The first-order valence-electron chi connectivity index (χ1n) is 3.25. The Balaban J connectivity index is 2.55. The minimum Gasteiger partial charge on any atom is -0.267 e. The Morgan fingerprint density at radius 3 is 3.00 bits per heavy atom. The Labute approximate surface area is 72.7 Å². The SMILES string of the molecule is N#Cc1nccn1-c1nccs1. The van der Waals surface area contributed by atoms with Gasteiger partial charge in [0.25, 0.3) is 0 Å². The molecule has 2 heterocycles. The van der Waals surface area contributed by atoms with Crippen LogP contribution in [0.2, 0.25) is 0 Å². The molecule has 0 aromatic carbocycles. The van der Waals surface area contributed by atoms with Gasteiger partial charge < -0.3 is 0 Å². The summed E-state index contributed by atoms with van der Waals surface area (Å²) in [7, 11) is 0. The van der Waals surface area contributed by atoms with Crippen LogP contribution in [0.3, 0.4) is 0 Å². The van der Waals surface area contributed by atoms with Crippen LogP contribution >= 0.6 is 11.3 Å². The van der Waals surface area contributed by atoms with E-state index < -0.39 is 0 Å². The average Bonchev–Trinajstić information content (AvgIpc) is 2.74. The highest BCUT2D eigenvalue weighted by Gasteiger charge is 2.04. The van der Waals surface area contributed by atoms with E-state index in [1.165, 1.54) is 11.3 Å². The summed E-state index contributed by atoms with van der Waals surface area (Å²) in [5.41, 5.74) is 0. The van der Waals surface area contributed by atoms with Crippen LogP contribution in [0.15, 0.2) is 24.0 Å². The fraction of sp³-hybridized carbons (Fsp3) is 0. The molecule has 58 valence electrons. The van der Waals surface area contributed by atoms with E-state index in [4.69, 9.17) is 5.26 Å². The van der Waals surface area contributed by atoms with E-state index in [0.29, 0.717) is 5.82 Å². The monoisotopic (exact) mass is 176 g/mol. The molecule has 4 nitrogen and oxygen atoms in total. The van der Waals surface area contributed by atoms with Gasteiger partial charge >= 0.3 is 0 Å². The summed E-state index contributed by atoms with van der Waals surface area (Å²) in [5, 5.41) is 11.3. The van der Waals surface area contributed by atoms with Crippen LogP contribution in [-0.4, -0.2) is 14.5 Å². The molecule has 0 atom stereocenters. The molecular weight excluding hydrogens is 172 g/mol. The molecular formula is C7H4N4S.